The monoisotopic (exact) mass is 440 g/mol. The predicted molar refractivity (Wildman–Crippen MR) is 106 cm³/mol. The van der Waals surface area contributed by atoms with E-state index >= 15 is 0 Å². The molecule has 3 N–H and O–H groups in total. The van der Waals surface area contributed by atoms with Crippen molar-refractivity contribution < 1.29 is 22.4 Å². The Hall–Kier alpha value is -2.78. The maximum Gasteiger partial charge on any atom is 0.416 e. The van der Waals surface area contributed by atoms with E-state index in [1.165, 1.54) is 30.5 Å². The molecule has 0 unspecified atom stereocenters. The number of hydrogen-bond acceptors (Lipinski definition) is 4. The number of benzene rings is 1. The molecule has 1 atom stereocenters. The highest BCUT2D eigenvalue weighted by molar-refractivity contribution is 6.33. The minimum atomic E-state index is -4.49. The Bertz CT molecular complexity index is 1040. The molecule has 0 bridgehead atoms. The Morgan fingerprint density at radius 3 is 2.67 bits per heavy atom. The molecule has 0 spiro atoms. The molecule has 0 aliphatic rings. The van der Waals surface area contributed by atoms with Gasteiger partial charge in [0.1, 0.15) is 5.76 Å². The number of nitrogens with zero attached hydrogens (tertiary/aromatic N) is 2. The molecule has 3 rings (SSSR count). The lowest BCUT2D eigenvalue weighted by molar-refractivity contribution is -0.138. The lowest BCUT2D eigenvalue weighted by atomic mass is 9.99. The number of furan rings is 1. The summed E-state index contributed by atoms with van der Waals surface area (Å²) in [5.41, 5.74) is 6.19. The molecule has 3 aromatic rings. The van der Waals surface area contributed by atoms with E-state index in [0.29, 0.717) is 22.0 Å². The first kappa shape index (κ1) is 21.9. The quantitative estimate of drug-likeness (QED) is 0.607. The van der Waals surface area contributed by atoms with Crippen LogP contribution in [-0.2, 0) is 19.6 Å². The molecule has 0 aliphatic heterocycles. The highest BCUT2D eigenvalue weighted by atomic mass is 35.5. The van der Waals surface area contributed by atoms with Gasteiger partial charge in [-0.3, -0.25) is 9.48 Å². The van der Waals surface area contributed by atoms with Gasteiger partial charge in [0.25, 0.3) is 5.91 Å². The minimum absolute atomic E-state index is 0.00215. The van der Waals surface area contributed by atoms with Gasteiger partial charge in [0.2, 0.25) is 0 Å². The number of rotatable bonds is 6. The summed E-state index contributed by atoms with van der Waals surface area (Å²) in [6.07, 6.45) is -3.08. The first-order valence-electron chi connectivity index (χ1n) is 9.06. The topological polar surface area (TPSA) is 86.1 Å². The van der Waals surface area contributed by atoms with Gasteiger partial charge in [0.05, 0.1) is 22.5 Å². The van der Waals surface area contributed by atoms with Gasteiger partial charge in [0.15, 0.2) is 5.76 Å². The van der Waals surface area contributed by atoms with Gasteiger partial charge in [-0.1, -0.05) is 29.8 Å². The summed E-state index contributed by atoms with van der Waals surface area (Å²) >= 11 is 6.16. The van der Waals surface area contributed by atoms with Crippen LogP contribution in [0.2, 0.25) is 5.02 Å². The molecule has 6 nitrogen and oxygen atoms in total. The van der Waals surface area contributed by atoms with Gasteiger partial charge in [-0.25, -0.2) is 0 Å². The summed E-state index contributed by atoms with van der Waals surface area (Å²) in [6.45, 7) is 1.63. The molecule has 0 saturated carbocycles. The first-order valence-corrected chi connectivity index (χ1v) is 9.44. The lowest BCUT2D eigenvalue weighted by Gasteiger charge is -2.19. The standard InChI is InChI=1S/C20H20ClF3N4O2/c1-11-14(18-16(21)10-26-28(18)2)8-17(30-11)19(29)27-13(9-25)7-12-5-3-4-6-15(12)20(22,23)24/h3-6,8,10,13H,7,9,25H2,1-2H3,(H,27,29)/t13-/m0/s1. The molecule has 0 fully saturated rings. The van der Waals surface area contributed by atoms with Gasteiger partial charge < -0.3 is 15.5 Å². The maximum atomic E-state index is 13.2. The Morgan fingerprint density at radius 1 is 1.37 bits per heavy atom. The number of aromatic nitrogens is 2. The maximum absolute atomic E-state index is 13.2. The Balaban J connectivity index is 1.80. The van der Waals surface area contributed by atoms with E-state index in [4.69, 9.17) is 21.8 Å². The van der Waals surface area contributed by atoms with Crippen LogP contribution in [0.15, 0.2) is 40.9 Å². The van der Waals surface area contributed by atoms with E-state index in [9.17, 15) is 18.0 Å². The highest BCUT2D eigenvalue weighted by Gasteiger charge is 2.33. The van der Waals surface area contributed by atoms with Crippen LogP contribution < -0.4 is 11.1 Å². The second-order valence-electron chi connectivity index (χ2n) is 6.81. The van der Waals surface area contributed by atoms with E-state index in [1.54, 1.807) is 18.7 Å². The lowest BCUT2D eigenvalue weighted by Crippen LogP contribution is -2.42. The van der Waals surface area contributed by atoms with Crippen LogP contribution in [0.3, 0.4) is 0 Å². The number of nitrogens with one attached hydrogen (secondary N) is 1. The molecule has 0 aliphatic carbocycles. The van der Waals surface area contributed by atoms with Gasteiger partial charge in [-0.05, 0) is 31.0 Å². The van der Waals surface area contributed by atoms with Crippen molar-refractivity contribution in [1.82, 2.24) is 15.1 Å². The van der Waals surface area contributed by atoms with Crippen LogP contribution >= 0.6 is 11.6 Å². The Morgan fingerprint density at radius 2 is 2.07 bits per heavy atom. The van der Waals surface area contributed by atoms with Crippen LogP contribution in [0.4, 0.5) is 13.2 Å². The SMILES string of the molecule is Cc1oc(C(=O)N[C@H](CN)Cc2ccccc2C(F)(F)F)cc1-c1c(Cl)cnn1C. The van der Waals surface area contributed by atoms with Gasteiger partial charge >= 0.3 is 6.18 Å². The number of aryl methyl sites for hydroxylation is 2. The number of carbonyl (C=O) groups excluding carboxylic acids is 1. The number of halogens is 4. The molecular weight excluding hydrogens is 421 g/mol. The van der Waals surface area contributed by atoms with Crippen molar-refractivity contribution >= 4 is 17.5 Å². The minimum Gasteiger partial charge on any atom is -0.455 e. The molecule has 10 heteroatoms. The van der Waals surface area contributed by atoms with Crippen molar-refractivity contribution in [2.24, 2.45) is 12.8 Å². The fourth-order valence-corrected chi connectivity index (χ4v) is 3.50. The molecule has 0 saturated heterocycles. The van der Waals surface area contributed by atoms with Crippen LogP contribution in [0.1, 0.15) is 27.4 Å². The zero-order valence-electron chi connectivity index (χ0n) is 16.3. The predicted octanol–water partition coefficient (Wildman–Crippen LogP) is 3.96. The molecule has 0 radical (unpaired) electrons. The van der Waals surface area contributed by atoms with Crippen molar-refractivity contribution in [3.63, 3.8) is 0 Å². The number of carbonyl (C=O) groups is 1. The van der Waals surface area contributed by atoms with Crippen molar-refractivity contribution in [3.8, 4) is 11.3 Å². The average Bonchev–Trinajstić information content (AvgIpc) is 3.22. The largest absolute Gasteiger partial charge is 0.455 e. The van der Waals surface area contributed by atoms with E-state index in [2.05, 4.69) is 10.4 Å². The summed E-state index contributed by atoms with van der Waals surface area (Å²) in [4.78, 5) is 12.7. The number of amides is 1. The third kappa shape index (κ3) is 4.52. The van der Waals surface area contributed by atoms with Crippen molar-refractivity contribution in [3.05, 3.63) is 64.2 Å². The van der Waals surface area contributed by atoms with Crippen molar-refractivity contribution in [1.29, 1.82) is 0 Å². The zero-order chi connectivity index (χ0) is 22.1. The van der Waals surface area contributed by atoms with Crippen LogP contribution in [0.25, 0.3) is 11.3 Å². The average molecular weight is 441 g/mol. The molecule has 30 heavy (non-hydrogen) atoms. The normalized spacial score (nSPS) is 12.8. The summed E-state index contributed by atoms with van der Waals surface area (Å²) < 4.78 is 46.8. The van der Waals surface area contributed by atoms with E-state index in [-0.39, 0.29) is 24.3 Å². The molecule has 2 heterocycles. The molecule has 1 aromatic carbocycles. The smallest absolute Gasteiger partial charge is 0.416 e. The first-order chi connectivity index (χ1) is 14.1. The summed E-state index contributed by atoms with van der Waals surface area (Å²) in [5.74, 6) is -0.123. The summed E-state index contributed by atoms with van der Waals surface area (Å²) in [7, 11) is 1.70. The summed E-state index contributed by atoms with van der Waals surface area (Å²) in [5, 5.41) is 7.10. The molecular formula is C20H20ClF3N4O2. The summed E-state index contributed by atoms with van der Waals surface area (Å²) in [6, 6.07) is 6.01. The van der Waals surface area contributed by atoms with Crippen LogP contribution in [-0.4, -0.2) is 28.3 Å². The number of hydrogen-bond donors (Lipinski definition) is 2. The molecule has 2 aromatic heterocycles. The highest BCUT2D eigenvalue weighted by Crippen LogP contribution is 2.33. The number of alkyl halides is 3. The molecule has 1 amide bonds. The van der Waals surface area contributed by atoms with Crippen LogP contribution in [0, 0.1) is 6.92 Å². The molecule has 160 valence electrons. The number of nitrogens with two attached hydrogens (primary N) is 1. The fourth-order valence-electron chi connectivity index (χ4n) is 3.23. The van der Waals surface area contributed by atoms with E-state index in [1.807, 2.05) is 0 Å². The van der Waals surface area contributed by atoms with Crippen molar-refractivity contribution in [2.45, 2.75) is 25.6 Å². The Kier molecular flexibility index (Phi) is 6.23. The van der Waals surface area contributed by atoms with Gasteiger partial charge in [-0.15, -0.1) is 0 Å². The van der Waals surface area contributed by atoms with Gasteiger partial charge in [0, 0.05) is 25.2 Å². The zero-order valence-corrected chi connectivity index (χ0v) is 17.0. The van der Waals surface area contributed by atoms with Gasteiger partial charge in [-0.2, -0.15) is 18.3 Å². The Labute approximate surface area is 175 Å². The second kappa shape index (κ2) is 8.53. The van der Waals surface area contributed by atoms with Crippen molar-refractivity contribution in [2.75, 3.05) is 6.54 Å². The third-order valence-corrected chi connectivity index (χ3v) is 4.98. The van der Waals surface area contributed by atoms with Crippen LogP contribution in [0.5, 0.6) is 0 Å². The van der Waals surface area contributed by atoms with E-state index in [0.717, 1.165) is 6.07 Å². The fraction of sp³-hybridized carbons (Fsp3) is 0.300. The second-order valence-corrected chi connectivity index (χ2v) is 7.22. The third-order valence-electron chi connectivity index (χ3n) is 4.70. The van der Waals surface area contributed by atoms with E-state index < -0.39 is 23.7 Å².